The number of likely N-dealkylation sites (tertiary alicyclic amines) is 1. The van der Waals surface area contributed by atoms with Crippen molar-refractivity contribution in [1.82, 2.24) is 10.2 Å². The summed E-state index contributed by atoms with van der Waals surface area (Å²) < 4.78 is 5.57. The van der Waals surface area contributed by atoms with E-state index < -0.39 is 5.97 Å². The molecule has 2 aliphatic rings. The molecule has 0 spiro atoms. The molecule has 7 nitrogen and oxygen atoms in total. The van der Waals surface area contributed by atoms with Crippen LogP contribution in [0.3, 0.4) is 0 Å². The molecular weight excluding hydrogens is 360 g/mol. The van der Waals surface area contributed by atoms with Crippen LogP contribution in [0.25, 0.3) is 0 Å². The van der Waals surface area contributed by atoms with Crippen molar-refractivity contribution in [3.8, 4) is 5.75 Å². The van der Waals surface area contributed by atoms with Gasteiger partial charge in [0.2, 0.25) is 11.8 Å². The van der Waals surface area contributed by atoms with Crippen LogP contribution in [0.1, 0.15) is 38.5 Å². The van der Waals surface area contributed by atoms with E-state index in [0.29, 0.717) is 51.8 Å². The molecule has 1 aliphatic heterocycles. The summed E-state index contributed by atoms with van der Waals surface area (Å²) in [6.07, 6.45) is 3.47. The summed E-state index contributed by atoms with van der Waals surface area (Å²) in [5.41, 5.74) is 0. The van der Waals surface area contributed by atoms with Crippen LogP contribution in [0, 0.1) is 11.8 Å². The molecule has 1 saturated carbocycles. The van der Waals surface area contributed by atoms with Crippen molar-refractivity contribution in [3.05, 3.63) is 30.3 Å². The van der Waals surface area contributed by atoms with E-state index in [-0.39, 0.29) is 29.7 Å². The number of carbonyl (C=O) groups excluding carboxylic acids is 2. The fourth-order valence-electron chi connectivity index (χ4n) is 3.98. The lowest BCUT2D eigenvalue weighted by molar-refractivity contribution is -0.141. The Labute approximate surface area is 165 Å². The minimum absolute atomic E-state index is 0.00412. The summed E-state index contributed by atoms with van der Waals surface area (Å²) >= 11 is 0. The molecule has 152 valence electrons. The number of amides is 2. The molecule has 1 heterocycles. The highest BCUT2D eigenvalue weighted by Crippen LogP contribution is 2.27. The van der Waals surface area contributed by atoms with Crippen molar-refractivity contribution in [1.29, 1.82) is 0 Å². The van der Waals surface area contributed by atoms with Crippen molar-refractivity contribution in [3.63, 3.8) is 0 Å². The van der Waals surface area contributed by atoms with E-state index >= 15 is 0 Å². The van der Waals surface area contributed by atoms with E-state index in [1.165, 1.54) is 0 Å². The Hall–Kier alpha value is -2.57. The van der Waals surface area contributed by atoms with Crippen molar-refractivity contribution < 1.29 is 24.2 Å². The molecule has 0 aromatic heterocycles. The number of nitrogens with zero attached hydrogens (tertiary/aromatic N) is 1. The van der Waals surface area contributed by atoms with E-state index in [1.807, 2.05) is 30.3 Å². The number of nitrogens with one attached hydrogen (secondary N) is 1. The molecule has 1 aliphatic carbocycles. The molecule has 2 N–H and O–H groups in total. The van der Waals surface area contributed by atoms with Crippen molar-refractivity contribution >= 4 is 17.8 Å². The Kier molecular flexibility index (Phi) is 6.90. The summed E-state index contributed by atoms with van der Waals surface area (Å²) in [5, 5.41) is 12.1. The molecular formula is C21H28N2O5. The molecule has 1 saturated heterocycles. The number of benzene rings is 1. The van der Waals surface area contributed by atoms with Gasteiger partial charge in [0.05, 0.1) is 18.9 Å². The minimum Gasteiger partial charge on any atom is -0.493 e. The number of ether oxygens (including phenoxy) is 1. The van der Waals surface area contributed by atoms with Gasteiger partial charge >= 0.3 is 5.97 Å². The zero-order valence-corrected chi connectivity index (χ0v) is 16.0. The molecule has 2 fully saturated rings. The molecule has 0 unspecified atom stereocenters. The van der Waals surface area contributed by atoms with Gasteiger partial charge in [0, 0.05) is 25.0 Å². The van der Waals surface area contributed by atoms with E-state index in [4.69, 9.17) is 9.84 Å². The fourth-order valence-corrected chi connectivity index (χ4v) is 3.98. The molecule has 3 rings (SSSR count). The van der Waals surface area contributed by atoms with Gasteiger partial charge in [0.1, 0.15) is 5.75 Å². The second kappa shape index (κ2) is 9.57. The SMILES string of the molecule is O=C(N[C@H]1CC[C@@H](C(=O)O)C1)C1CCN(C(=O)CCOc2ccccc2)CC1. The predicted octanol–water partition coefficient (Wildman–Crippen LogP) is 2.06. The van der Waals surface area contributed by atoms with E-state index in [1.54, 1.807) is 4.90 Å². The van der Waals surface area contributed by atoms with Gasteiger partial charge in [-0.15, -0.1) is 0 Å². The minimum atomic E-state index is -0.778. The third-order valence-corrected chi connectivity index (χ3v) is 5.67. The van der Waals surface area contributed by atoms with Gasteiger partial charge in [-0.25, -0.2) is 0 Å². The number of carboxylic acids is 1. The van der Waals surface area contributed by atoms with E-state index in [2.05, 4.69) is 5.32 Å². The number of carboxylic acid groups (broad SMARTS) is 1. The first-order valence-corrected chi connectivity index (χ1v) is 10.0. The summed E-state index contributed by atoms with van der Waals surface area (Å²) in [7, 11) is 0. The van der Waals surface area contributed by atoms with E-state index in [9.17, 15) is 14.4 Å². The monoisotopic (exact) mass is 388 g/mol. The average molecular weight is 388 g/mol. The van der Waals surface area contributed by atoms with Gasteiger partial charge < -0.3 is 20.1 Å². The van der Waals surface area contributed by atoms with Crippen LogP contribution in [0.4, 0.5) is 0 Å². The number of carbonyl (C=O) groups is 3. The Balaban J connectivity index is 1.35. The quantitative estimate of drug-likeness (QED) is 0.745. The molecule has 2 atom stereocenters. The lowest BCUT2D eigenvalue weighted by Gasteiger charge is -2.32. The largest absolute Gasteiger partial charge is 0.493 e. The van der Waals surface area contributed by atoms with Gasteiger partial charge in [0.15, 0.2) is 0 Å². The zero-order chi connectivity index (χ0) is 19.9. The Morgan fingerprint density at radius 2 is 1.75 bits per heavy atom. The van der Waals surface area contributed by atoms with Gasteiger partial charge in [-0.05, 0) is 44.2 Å². The maximum atomic E-state index is 12.5. The maximum Gasteiger partial charge on any atom is 0.306 e. The fraction of sp³-hybridized carbons (Fsp3) is 0.571. The number of aliphatic carboxylic acids is 1. The highest BCUT2D eigenvalue weighted by atomic mass is 16.5. The molecule has 7 heteroatoms. The van der Waals surface area contributed by atoms with Crippen LogP contribution in [0.5, 0.6) is 5.75 Å². The second-order valence-electron chi connectivity index (χ2n) is 7.62. The van der Waals surface area contributed by atoms with Crippen molar-refractivity contribution in [2.75, 3.05) is 19.7 Å². The number of para-hydroxylation sites is 1. The molecule has 28 heavy (non-hydrogen) atoms. The predicted molar refractivity (Wildman–Crippen MR) is 103 cm³/mol. The van der Waals surface area contributed by atoms with Crippen LogP contribution >= 0.6 is 0 Å². The normalized spacial score (nSPS) is 22.6. The topological polar surface area (TPSA) is 95.9 Å². The Morgan fingerprint density at radius 1 is 1.04 bits per heavy atom. The lowest BCUT2D eigenvalue weighted by atomic mass is 9.95. The molecule has 0 radical (unpaired) electrons. The number of hydrogen-bond donors (Lipinski definition) is 2. The van der Waals surface area contributed by atoms with E-state index in [0.717, 1.165) is 12.2 Å². The smallest absolute Gasteiger partial charge is 0.306 e. The zero-order valence-electron chi connectivity index (χ0n) is 16.0. The van der Waals surface area contributed by atoms with Crippen LogP contribution in [0.2, 0.25) is 0 Å². The second-order valence-corrected chi connectivity index (χ2v) is 7.62. The first kappa shape index (κ1) is 20.2. The third-order valence-electron chi connectivity index (χ3n) is 5.67. The first-order valence-electron chi connectivity index (χ1n) is 10.0. The Bertz CT molecular complexity index is 685. The van der Waals surface area contributed by atoms with Gasteiger partial charge in [-0.3, -0.25) is 14.4 Å². The number of rotatable bonds is 7. The van der Waals surface area contributed by atoms with Crippen LogP contribution < -0.4 is 10.1 Å². The lowest BCUT2D eigenvalue weighted by Crippen LogP contribution is -2.45. The molecule has 0 bridgehead atoms. The van der Waals surface area contributed by atoms with Crippen LogP contribution in [-0.2, 0) is 14.4 Å². The Morgan fingerprint density at radius 3 is 2.39 bits per heavy atom. The standard InChI is InChI=1S/C21H28N2O5/c24-19(10-13-28-18-4-2-1-3-5-18)23-11-8-15(9-12-23)20(25)22-17-7-6-16(14-17)21(26)27/h1-5,15-17H,6-14H2,(H,22,25)(H,26,27)/t16-,17+/m1/s1. The number of piperidine rings is 1. The molecule has 1 aromatic carbocycles. The maximum absolute atomic E-state index is 12.5. The third kappa shape index (κ3) is 5.47. The summed E-state index contributed by atoms with van der Waals surface area (Å²) in [6, 6.07) is 9.37. The highest BCUT2D eigenvalue weighted by molar-refractivity contribution is 5.80. The summed E-state index contributed by atoms with van der Waals surface area (Å²) in [4.78, 5) is 37.6. The van der Waals surface area contributed by atoms with Crippen LogP contribution in [-0.4, -0.2) is 53.5 Å². The van der Waals surface area contributed by atoms with Crippen LogP contribution in [0.15, 0.2) is 30.3 Å². The van der Waals surface area contributed by atoms with Crippen molar-refractivity contribution in [2.45, 2.75) is 44.6 Å². The summed E-state index contributed by atoms with van der Waals surface area (Å²) in [6.45, 7) is 1.49. The highest BCUT2D eigenvalue weighted by Gasteiger charge is 2.33. The van der Waals surface area contributed by atoms with Gasteiger partial charge in [-0.1, -0.05) is 18.2 Å². The molecule has 2 amide bonds. The molecule has 1 aromatic rings. The average Bonchev–Trinajstić information content (AvgIpc) is 3.17. The van der Waals surface area contributed by atoms with Gasteiger partial charge in [0.25, 0.3) is 0 Å². The number of hydrogen-bond acceptors (Lipinski definition) is 4. The summed E-state index contributed by atoms with van der Waals surface area (Å²) in [5.74, 6) is -0.427. The van der Waals surface area contributed by atoms with Gasteiger partial charge in [-0.2, -0.15) is 0 Å². The first-order chi connectivity index (χ1) is 13.5. The van der Waals surface area contributed by atoms with Crippen molar-refractivity contribution in [2.24, 2.45) is 11.8 Å².